The lowest BCUT2D eigenvalue weighted by molar-refractivity contribution is 0.274. The summed E-state index contributed by atoms with van der Waals surface area (Å²) in [6.45, 7) is 8.40. The number of fused-ring (bicyclic) bond motifs is 1. The molecule has 31 heavy (non-hydrogen) atoms. The van der Waals surface area contributed by atoms with E-state index in [1.165, 1.54) is 10.4 Å². The van der Waals surface area contributed by atoms with Crippen LogP contribution >= 0.6 is 0 Å². The van der Waals surface area contributed by atoms with E-state index in [2.05, 4.69) is 98.1 Å². The summed E-state index contributed by atoms with van der Waals surface area (Å²) in [6.07, 6.45) is 1.03. The van der Waals surface area contributed by atoms with E-state index in [4.69, 9.17) is 10.2 Å². The number of hydrogen-bond donors (Lipinski definition) is 3. The second-order valence-electron chi connectivity index (χ2n) is 9.25. The quantitative estimate of drug-likeness (QED) is 0.407. The zero-order chi connectivity index (χ0) is 21.9. The van der Waals surface area contributed by atoms with Crippen LogP contribution in [0.25, 0.3) is 0 Å². The van der Waals surface area contributed by atoms with Crippen LogP contribution in [-0.4, -0.2) is 21.1 Å². The lowest BCUT2D eigenvalue weighted by atomic mass is 10.1. The zero-order valence-electron chi connectivity index (χ0n) is 18.7. The van der Waals surface area contributed by atoms with Gasteiger partial charge < -0.3 is 15.5 Å². The lowest BCUT2D eigenvalue weighted by Gasteiger charge is -2.43. The van der Waals surface area contributed by atoms with Gasteiger partial charge >= 0.3 is 0 Å². The molecule has 0 saturated heterocycles. The maximum absolute atomic E-state index is 7.01. The van der Waals surface area contributed by atoms with E-state index < -0.39 is 8.32 Å². The monoisotopic (exact) mass is 431 g/mol. The van der Waals surface area contributed by atoms with E-state index in [0.29, 0.717) is 6.61 Å². The second kappa shape index (κ2) is 8.87. The van der Waals surface area contributed by atoms with Gasteiger partial charge in [-0.1, -0.05) is 87.5 Å². The standard InChI is InChI=1S/C26H33N3OSi/c1-26(2,3)31(20-11-6-4-7-12-20,21-13-8-5-9-14-21)30-18-17-25-28-19-22-23(27)15-10-16-24(22)29-25/h4-16,25,28-29H,17-19,27H2,1-3H3. The van der Waals surface area contributed by atoms with Gasteiger partial charge in [0.15, 0.2) is 0 Å². The maximum atomic E-state index is 7.01. The summed E-state index contributed by atoms with van der Waals surface area (Å²) >= 11 is 0. The highest BCUT2D eigenvalue weighted by Crippen LogP contribution is 2.37. The minimum Gasteiger partial charge on any atom is -0.407 e. The molecule has 0 bridgehead atoms. The normalized spacial score (nSPS) is 16.4. The fraction of sp³-hybridized carbons (Fsp3) is 0.308. The Balaban J connectivity index is 1.58. The number of hydrogen-bond acceptors (Lipinski definition) is 4. The summed E-state index contributed by atoms with van der Waals surface area (Å²) in [4.78, 5) is 0. The summed E-state index contributed by atoms with van der Waals surface area (Å²) in [7, 11) is -2.49. The van der Waals surface area contributed by atoms with Crippen molar-refractivity contribution in [3.8, 4) is 0 Å². The first-order valence-electron chi connectivity index (χ1n) is 11.0. The minimum absolute atomic E-state index is 0.00974. The molecule has 1 heterocycles. The molecule has 0 amide bonds. The fourth-order valence-corrected chi connectivity index (χ4v) is 9.25. The van der Waals surface area contributed by atoms with Gasteiger partial charge in [-0.2, -0.15) is 0 Å². The van der Waals surface area contributed by atoms with Crippen molar-refractivity contribution in [3.63, 3.8) is 0 Å². The first-order chi connectivity index (χ1) is 14.9. The van der Waals surface area contributed by atoms with Crippen molar-refractivity contribution in [3.05, 3.63) is 84.4 Å². The molecule has 1 unspecified atom stereocenters. The maximum Gasteiger partial charge on any atom is 0.261 e. The van der Waals surface area contributed by atoms with Gasteiger partial charge in [0.2, 0.25) is 0 Å². The average molecular weight is 432 g/mol. The summed E-state index contributed by atoms with van der Waals surface area (Å²) in [5.74, 6) is 0. The molecule has 0 fully saturated rings. The van der Waals surface area contributed by atoms with Crippen LogP contribution in [0.2, 0.25) is 5.04 Å². The van der Waals surface area contributed by atoms with Crippen LogP contribution in [0.5, 0.6) is 0 Å². The minimum atomic E-state index is -2.49. The van der Waals surface area contributed by atoms with Crippen molar-refractivity contribution < 1.29 is 4.43 Å². The summed E-state index contributed by atoms with van der Waals surface area (Å²) in [5.41, 5.74) is 9.22. The van der Waals surface area contributed by atoms with Crippen LogP contribution in [0, 0.1) is 0 Å². The Kier molecular flexibility index (Phi) is 6.19. The fourth-order valence-electron chi connectivity index (χ4n) is 4.67. The Morgan fingerprint density at radius 2 is 1.52 bits per heavy atom. The molecule has 162 valence electrons. The topological polar surface area (TPSA) is 59.3 Å². The highest BCUT2D eigenvalue weighted by atomic mass is 28.4. The number of rotatable bonds is 6. The van der Waals surface area contributed by atoms with Crippen LogP contribution in [-0.2, 0) is 11.0 Å². The smallest absolute Gasteiger partial charge is 0.261 e. The number of anilines is 2. The zero-order valence-corrected chi connectivity index (χ0v) is 19.7. The Bertz CT molecular complexity index is 963. The highest BCUT2D eigenvalue weighted by molar-refractivity contribution is 6.99. The molecular weight excluding hydrogens is 398 g/mol. The van der Waals surface area contributed by atoms with Crippen molar-refractivity contribution in [1.82, 2.24) is 5.32 Å². The molecule has 0 saturated carbocycles. The van der Waals surface area contributed by atoms with E-state index in [1.807, 2.05) is 12.1 Å². The molecule has 0 spiro atoms. The van der Waals surface area contributed by atoms with Gasteiger partial charge in [0.05, 0.1) is 6.17 Å². The molecule has 3 aromatic carbocycles. The molecule has 3 aromatic rings. The van der Waals surface area contributed by atoms with Crippen LogP contribution in [0.15, 0.2) is 78.9 Å². The molecule has 1 aliphatic heterocycles. The molecule has 4 nitrogen and oxygen atoms in total. The molecule has 0 radical (unpaired) electrons. The first kappa shape index (κ1) is 21.6. The average Bonchev–Trinajstić information content (AvgIpc) is 2.77. The predicted octanol–water partition coefficient (Wildman–Crippen LogP) is 4.08. The Morgan fingerprint density at radius 1 is 0.903 bits per heavy atom. The van der Waals surface area contributed by atoms with Crippen LogP contribution < -0.4 is 26.7 Å². The van der Waals surface area contributed by atoms with Gasteiger partial charge in [-0.15, -0.1) is 0 Å². The van der Waals surface area contributed by atoms with Crippen molar-refractivity contribution in [1.29, 1.82) is 0 Å². The van der Waals surface area contributed by atoms with Gasteiger partial charge in [-0.3, -0.25) is 5.32 Å². The third-order valence-electron chi connectivity index (χ3n) is 6.21. The first-order valence-corrected chi connectivity index (χ1v) is 12.9. The van der Waals surface area contributed by atoms with Crippen molar-refractivity contribution in [2.45, 2.75) is 44.9 Å². The van der Waals surface area contributed by atoms with E-state index >= 15 is 0 Å². The second-order valence-corrected chi connectivity index (χ2v) is 13.6. The Hall–Kier alpha value is -2.60. The van der Waals surface area contributed by atoms with Crippen molar-refractivity contribution in [2.24, 2.45) is 0 Å². The Morgan fingerprint density at radius 3 is 2.10 bits per heavy atom. The SMILES string of the molecule is CC(C)(C)[Si](OCCC1NCc2c(N)cccc2N1)(c1ccccc1)c1ccccc1. The van der Waals surface area contributed by atoms with Crippen LogP contribution in [0.3, 0.4) is 0 Å². The molecule has 4 rings (SSSR count). The molecule has 1 aliphatic rings. The summed E-state index contributed by atoms with van der Waals surface area (Å²) < 4.78 is 7.01. The van der Waals surface area contributed by atoms with E-state index in [9.17, 15) is 0 Å². The Labute approximate surface area is 187 Å². The van der Waals surface area contributed by atoms with E-state index in [-0.39, 0.29) is 11.2 Å². The molecule has 1 atom stereocenters. The third-order valence-corrected chi connectivity index (χ3v) is 11.3. The van der Waals surface area contributed by atoms with Gasteiger partial charge in [-0.25, -0.2) is 0 Å². The summed E-state index contributed by atoms with van der Waals surface area (Å²) in [5, 5.41) is 9.77. The van der Waals surface area contributed by atoms with E-state index in [0.717, 1.165) is 29.9 Å². The number of nitrogens with two attached hydrogens (primary N) is 1. The molecule has 0 aromatic heterocycles. The molecular formula is C26H33N3OSi. The highest BCUT2D eigenvalue weighted by Gasteiger charge is 2.50. The number of benzene rings is 3. The molecule has 4 N–H and O–H groups in total. The van der Waals surface area contributed by atoms with Gasteiger partial charge in [0.1, 0.15) is 0 Å². The van der Waals surface area contributed by atoms with E-state index in [1.54, 1.807) is 0 Å². The third kappa shape index (κ3) is 4.26. The van der Waals surface area contributed by atoms with Crippen LogP contribution in [0.1, 0.15) is 32.8 Å². The number of nitrogens with one attached hydrogen (secondary N) is 2. The van der Waals surface area contributed by atoms with Gasteiger partial charge in [0.25, 0.3) is 8.32 Å². The lowest BCUT2D eigenvalue weighted by Crippen LogP contribution is -2.66. The number of nitrogen functional groups attached to an aromatic ring is 1. The predicted molar refractivity (Wildman–Crippen MR) is 133 cm³/mol. The van der Waals surface area contributed by atoms with Crippen molar-refractivity contribution >= 4 is 30.1 Å². The van der Waals surface area contributed by atoms with Crippen LogP contribution in [0.4, 0.5) is 11.4 Å². The molecule has 5 heteroatoms. The largest absolute Gasteiger partial charge is 0.407 e. The van der Waals surface area contributed by atoms with Crippen molar-refractivity contribution in [2.75, 3.05) is 17.7 Å². The summed E-state index contributed by atoms with van der Waals surface area (Å²) in [6, 6.07) is 27.7. The van der Waals surface area contributed by atoms with Gasteiger partial charge in [0, 0.05) is 36.5 Å². The molecule has 0 aliphatic carbocycles. The van der Waals surface area contributed by atoms with Gasteiger partial charge in [-0.05, 0) is 27.5 Å².